The van der Waals surface area contributed by atoms with E-state index in [9.17, 15) is 8.42 Å². The van der Waals surface area contributed by atoms with Crippen molar-refractivity contribution < 1.29 is 8.42 Å². The molecule has 39 heavy (non-hydrogen) atoms. The van der Waals surface area contributed by atoms with E-state index in [0.717, 1.165) is 36.8 Å². The number of rotatable bonds is 6. The van der Waals surface area contributed by atoms with Gasteiger partial charge >= 0.3 is 0 Å². The molecule has 212 valence electrons. The van der Waals surface area contributed by atoms with Crippen molar-refractivity contribution in [2.75, 3.05) is 0 Å². The number of hydrogen-bond donors (Lipinski definition) is 0. The second-order valence-corrected chi connectivity index (χ2v) is 17.5. The molecule has 2 saturated carbocycles. The molecule has 2 aromatic carbocycles. The maximum Gasteiger partial charge on any atom is 0.207 e. The number of hydrogen-bond acceptors (Lipinski definition) is 2. The molecule has 2 fully saturated rings. The third-order valence-electron chi connectivity index (χ3n) is 8.48. The smallest absolute Gasteiger partial charge is 0.207 e. The van der Waals surface area contributed by atoms with Crippen LogP contribution in [-0.2, 0) is 22.7 Å². The van der Waals surface area contributed by atoms with Crippen LogP contribution in [0.2, 0.25) is 0 Å². The largest absolute Gasteiger partial charge is 0.218 e. The van der Waals surface area contributed by atoms with Gasteiger partial charge in [-0.05, 0) is 96.3 Å². The zero-order chi connectivity index (χ0) is 28.7. The Morgan fingerprint density at radius 1 is 0.564 bits per heavy atom. The second kappa shape index (κ2) is 10.7. The summed E-state index contributed by atoms with van der Waals surface area (Å²) < 4.78 is 28.3. The molecule has 2 aliphatic carbocycles. The molecule has 2 nitrogen and oxygen atoms in total. The van der Waals surface area contributed by atoms with Crippen LogP contribution < -0.4 is 0 Å². The van der Waals surface area contributed by atoms with Crippen molar-refractivity contribution in [3.8, 4) is 0 Å². The maximum atomic E-state index is 14.1. The summed E-state index contributed by atoms with van der Waals surface area (Å²) in [4.78, 5) is 0.882. The normalized spacial score (nSPS) is 21.8. The van der Waals surface area contributed by atoms with Crippen molar-refractivity contribution in [2.45, 2.75) is 117 Å². The first-order chi connectivity index (χ1) is 18.0. The standard InChI is InChI=1S/C36H50O2S/c1-33(2)21-27(22-34(3,4)25-33)17-19-29-13-9-11-15-31(29)39(37,38)32-16-12-10-14-30(32)20-18-28-23-35(5,6)26-36(7,8)24-28/h9-18H,19-26H2,1-8H3. The maximum absolute atomic E-state index is 14.1. The van der Waals surface area contributed by atoms with Gasteiger partial charge in [-0.15, -0.1) is 0 Å². The molecule has 0 aromatic heterocycles. The lowest BCUT2D eigenvalue weighted by Crippen LogP contribution is -2.29. The van der Waals surface area contributed by atoms with Crippen molar-refractivity contribution in [1.29, 1.82) is 0 Å². The molecule has 0 heterocycles. The Morgan fingerprint density at radius 2 is 0.872 bits per heavy atom. The zero-order valence-corrected chi connectivity index (χ0v) is 26.5. The van der Waals surface area contributed by atoms with Crippen LogP contribution in [0.5, 0.6) is 0 Å². The van der Waals surface area contributed by atoms with E-state index in [0.29, 0.717) is 22.6 Å². The lowest BCUT2D eigenvalue weighted by Gasteiger charge is -2.42. The first-order valence-corrected chi connectivity index (χ1v) is 16.2. The lowest BCUT2D eigenvalue weighted by atomic mass is 9.63. The van der Waals surface area contributed by atoms with E-state index >= 15 is 0 Å². The fourth-order valence-electron chi connectivity index (χ4n) is 8.21. The van der Waals surface area contributed by atoms with E-state index in [2.05, 4.69) is 67.5 Å². The van der Waals surface area contributed by atoms with Crippen LogP contribution in [0.15, 0.2) is 81.6 Å². The minimum absolute atomic E-state index is 0.273. The van der Waals surface area contributed by atoms with Crippen LogP contribution in [-0.4, -0.2) is 8.42 Å². The summed E-state index contributed by atoms with van der Waals surface area (Å²) in [7, 11) is -3.66. The quantitative estimate of drug-likeness (QED) is 0.338. The summed E-state index contributed by atoms with van der Waals surface area (Å²) in [5.41, 5.74) is 5.77. The number of sulfone groups is 1. The Labute approximate surface area is 238 Å². The molecule has 0 saturated heterocycles. The molecular formula is C36H50O2S. The van der Waals surface area contributed by atoms with Gasteiger partial charge in [0.05, 0.1) is 9.79 Å². The average molecular weight is 547 g/mol. The van der Waals surface area contributed by atoms with Gasteiger partial charge in [0.2, 0.25) is 9.84 Å². The van der Waals surface area contributed by atoms with Crippen LogP contribution in [0, 0.1) is 21.7 Å². The molecule has 0 N–H and O–H groups in total. The Kier molecular flexibility index (Phi) is 8.18. The Bertz CT molecular complexity index is 1230. The zero-order valence-electron chi connectivity index (χ0n) is 25.7. The molecule has 3 heteroatoms. The van der Waals surface area contributed by atoms with E-state index < -0.39 is 9.84 Å². The average Bonchev–Trinajstić information content (AvgIpc) is 2.78. The van der Waals surface area contributed by atoms with Crippen LogP contribution in [0.25, 0.3) is 0 Å². The van der Waals surface area contributed by atoms with Crippen LogP contribution in [0.1, 0.15) is 105 Å². The topological polar surface area (TPSA) is 34.1 Å². The fraction of sp³-hybridized carbons (Fsp3) is 0.556. The van der Waals surface area contributed by atoms with Gasteiger partial charge in [-0.1, -0.05) is 115 Å². The van der Waals surface area contributed by atoms with Crippen LogP contribution >= 0.6 is 0 Å². The highest BCUT2D eigenvalue weighted by atomic mass is 32.2. The summed E-state index contributed by atoms with van der Waals surface area (Å²) in [6.07, 6.45) is 12.6. The third kappa shape index (κ3) is 7.54. The molecule has 0 atom stereocenters. The highest BCUT2D eigenvalue weighted by molar-refractivity contribution is 7.91. The van der Waals surface area contributed by atoms with E-state index in [1.807, 2.05) is 36.4 Å². The fourth-order valence-corrected chi connectivity index (χ4v) is 9.96. The van der Waals surface area contributed by atoms with Crippen LogP contribution in [0.4, 0.5) is 0 Å². The van der Waals surface area contributed by atoms with E-state index in [1.165, 1.54) is 24.0 Å². The van der Waals surface area contributed by atoms with Gasteiger partial charge in [0.1, 0.15) is 0 Å². The second-order valence-electron chi connectivity index (χ2n) is 15.6. The Balaban J connectivity index is 1.63. The van der Waals surface area contributed by atoms with Gasteiger partial charge in [0.25, 0.3) is 0 Å². The van der Waals surface area contributed by atoms with Gasteiger partial charge in [0.15, 0.2) is 0 Å². The number of benzene rings is 2. The van der Waals surface area contributed by atoms with Crippen molar-refractivity contribution >= 4 is 9.84 Å². The summed E-state index contributed by atoms with van der Waals surface area (Å²) in [6, 6.07) is 15.2. The summed E-state index contributed by atoms with van der Waals surface area (Å²) >= 11 is 0. The Hall–Kier alpha value is -2.13. The van der Waals surface area contributed by atoms with Gasteiger partial charge in [-0.3, -0.25) is 0 Å². The molecule has 4 rings (SSSR count). The first kappa shape index (κ1) is 29.8. The van der Waals surface area contributed by atoms with Gasteiger partial charge in [-0.2, -0.15) is 0 Å². The van der Waals surface area contributed by atoms with Crippen molar-refractivity contribution in [2.24, 2.45) is 21.7 Å². The third-order valence-corrected chi connectivity index (χ3v) is 10.4. The Morgan fingerprint density at radius 3 is 1.21 bits per heavy atom. The van der Waals surface area contributed by atoms with E-state index in [1.54, 1.807) is 12.1 Å². The molecule has 2 aromatic rings. The minimum Gasteiger partial charge on any atom is -0.218 e. The highest BCUT2D eigenvalue weighted by Crippen LogP contribution is 2.49. The molecule has 0 spiro atoms. The first-order valence-electron chi connectivity index (χ1n) is 14.7. The molecule has 0 amide bonds. The van der Waals surface area contributed by atoms with Gasteiger partial charge in [-0.25, -0.2) is 8.42 Å². The molecule has 0 bridgehead atoms. The molecular weight excluding hydrogens is 496 g/mol. The molecule has 0 aliphatic heterocycles. The molecule has 2 aliphatic rings. The van der Waals surface area contributed by atoms with Gasteiger partial charge < -0.3 is 0 Å². The molecule has 0 radical (unpaired) electrons. The van der Waals surface area contributed by atoms with Gasteiger partial charge in [0, 0.05) is 0 Å². The molecule has 0 unspecified atom stereocenters. The lowest BCUT2D eigenvalue weighted by molar-refractivity contribution is 0.153. The van der Waals surface area contributed by atoms with Crippen molar-refractivity contribution in [1.82, 2.24) is 0 Å². The van der Waals surface area contributed by atoms with E-state index in [4.69, 9.17) is 0 Å². The van der Waals surface area contributed by atoms with Crippen molar-refractivity contribution in [3.05, 3.63) is 83.0 Å². The summed E-state index contributed by atoms with van der Waals surface area (Å²) in [6.45, 7) is 18.8. The minimum atomic E-state index is -3.66. The highest BCUT2D eigenvalue weighted by Gasteiger charge is 2.36. The number of allylic oxidation sites excluding steroid dienone is 4. The summed E-state index contributed by atoms with van der Waals surface area (Å²) in [5, 5.41) is 0. The van der Waals surface area contributed by atoms with Crippen LogP contribution in [0.3, 0.4) is 0 Å². The van der Waals surface area contributed by atoms with E-state index in [-0.39, 0.29) is 21.7 Å². The predicted octanol–water partition coefficient (Wildman–Crippen LogP) is 9.93. The monoisotopic (exact) mass is 546 g/mol. The predicted molar refractivity (Wildman–Crippen MR) is 165 cm³/mol. The van der Waals surface area contributed by atoms with Crippen molar-refractivity contribution in [3.63, 3.8) is 0 Å². The SMILES string of the molecule is CC1(C)CC(=CCc2ccccc2S(=O)(=O)c2ccccc2CC=C2CC(C)(C)CC(C)(C)C2)CC(C)(C)C1. The summed E-state index contributed by atoms with van der Waals surface area (Å²) in [5.74, 6) is 0.